The number of hydrogen-bond donors (Lipinski definition) is 1. The van der Waals surface area contributed by atoms with Crippen LogP contribution in [0, 0.1) is 0 Å². The predicted molar refractivity (Wildman–Crippen MR) is 74.0 cm³/mol. The largest absolute Gasteiger partial charge is 0.384 e. The molecule has 2 N–H and O–H groups in total. The van der Waals surface area contributed by atoms with Crippen LogP contribution in [0.1, 0.15) is 12.6 Å². The Balaban J connectivity index is 2.55. The van der Waals surface area contributed by atoms with Crippen molar-refractivity contribution in [1.82, 2.24) is 9.97 Å². The van der Waals surface area contributed by atoms with Crippen LogP contribution in [0.3, 0.4) is 0 Å². The Hall–Kier alpha value is -1.13. The molecule has 0 radical (unpaired) electrons. The van der Waals surface area contributed by atoms with Crippen molar-refractivity contribution < 1.29 is 0 Å². The van der Waals surface area contributed by atoms with Gasteiger partial charge in [0.2, 0.25) is 0 Å². The van der Waals surface area contributed by atoms with Gasteiger partial charge in [-0.3, -0.25) is 0 Å². The molecule has 2 rings (SSSR count). The summed E-state index contributed by atoms with van der Waals surface area (Å²) in [6, 6.07) is 7.28. The van der Waals surface area contributed by atoms with Gasteiger partial charge in [-0.1, -0.05) is 18.5 Å². The summed E-state index contributed by atoms with van der Waals surface area (Å²) in [6.07, 6.45) is 0.824. The average Bonchev–Trinajstić information content (AvgIpc) is 2.28. The topological polar surface area (TPSA) is 51.8 Å². The standard InChI is InChI=1S/C12H11BrClN3/c1-2-8-6-11(15)17-12(16-8)9-4-3-7(14)5-10(9)13/h3-6H,2H2,1H3,(H2,15,16,17). The second-order valence-corrected chi connectivity index (χ2v) is 4.88. The zero-order valence-electron chi connectivity index (χ0n) is 9.24. The van der Waals surface area contributed by atoms with Gasteiger partial charge in [0.25, 0.3) is 0 Å². The van der Waals surface area contributed by atoms with E-state index in [-0.39, 0.29) is 0 Å². The average molecular weight is 313 g/mol. The third kappa shape index (κ3) is 2.76. The third-order valence-electron chi connectivity index (χ3n) is 2.33. The summed E-state index contributed by atoms with van der Waals surface area (Å²) in [7, 11) is 0. The minimum atomic E-state index is 0.480. The molecule has 1 aromatic carbocycles. The van der Waals surface area contributed by atoms with Gasteiger partial charge >= 0.3 is 0 Å². The molecule has 0 unspecified atom stereocenters. The molecule has 2 aromatic rings. The quantitative estimate of drug-likeness (QED) is 0.920. The molecule has 3 nitrogen and oxygen atoms in total. The van der Waals surface area contributed by atoms with Gasteiger partial charge in [0.15, 0.2) is 5.82 Å². The molecule has 0 spiro atoms. The number of aromatic nitrogens is 2. The van der Waals surface area contributed by atoms with Crippen molar-refractivity contribution in [2.24, 2.45) is 0 Å². The van der Waals surface area contributed by atoms with E-state index in [1.807, 2.05) is 19.1 Å². The molecular weight excluding hydrogens is 302 g/mol. The maximum atomic E-state index is 5.90. The third-order valence-corrected chi connectivity index (χ3v) is 3.22. The minimum Gasteiger partial charge on any atom is -0.384 e. The lowest BCUT2D eigenvalue weighted by molar-refractivity contribution is 1.01. The second kappa shape index (κ2) is 5.02. The van der Waals surface area contributed by atoms with E-state index >= 15 is 0 Å². The molecular formula is C12H11BrClN3. The van der Waals surface area contributed by atoms with Crippen LogP contribution < -0.4 is 5.73 Å². The maximum absolute atomic E-state index is 5.90. The summed E-state index contributed by atoms with van der Waals surface area (Å²) >= 11 is 9.35. The van der Waals surface area contributed by atoms with Crippen molar-refractivity contribution in [3.63, 3.8) is 0 Å². The highest BCUT2D eigenvalue weighted by molar-refractivity contribution is 9.10. The molecule has 0 aliphatic heterocycles. The van der Waals surface area contributed by atoms with Crippen LogP contribution in [0.25, 0.3) is 11.4 Å². The molecule has 17 heavy (non-hydrogen) atoms. The van der Waals surface area contributed by atoms with Crippen LogP contribution in [0.5, 0.6) is 0 Å². The van der Waals surface area contributed by atoms with E-state index in [0.717, 1.165) is 22.2 Å². The molecule has 1 aromatic heterocycles. The summed E-state index contributed by atoms with van der Waals surface area (Å²) < 4.78 is 0.859. The number of nitrogen functional groups attached to an aromatic ring is 1. The van der Waals surface area contributed by atoms with Gasteiger partial charge in [-0.25, -0.2) is 9.97 Å². The molecule has 0 fully saturated rings. The lowest BCUT2D eigenvalue weighted by atomic mass is 10.2. The second-order valence-electron chi connectivity index (χ2n) is 3.59. The molecule has 88 valence electrons. The first-order chi connectivity index (χ1) is 8.10. The zero-order valence-corrected chi connectivity index (χ0v) is 11.6. The van der Waals surface area contributed by atoms with Crippen LogP contribution in [0.4, 0.5) is 5.82 Å². The summed E-state index contributed by atoms with van der Waals surface area (Å²) in [4.78, 5) is 8.68. The summed E-state index contributed by atoms with van der Waals surface area (Å²) in [5.41, 5.74) is 7.57. The molecule has 0 aliphatic rings. The van der Waals surface area contributed by atoms with Gasteiger partial charge in [-0.05, 0) is 40.5 Å². The Kier molecular flexibility index (Phi) is 3.64. The first-order valence-electron chi connectivity index (χ1n) is 5.19. The van der Waals surface area contributed by atoms with Gasteiger partial charge in [-0.15, -0.1) is 0 Å². The lowest BCUT2D eigenvalue weighted by Crippen LogP contribution is -1.99. The van der Waals surface area contributed by atoms with Crippen molar-refractivity contribution >= 4 is 33.3 Å². The Morgan fingerprint density at radius 3 is 2.71 bits per heavy atom. The lowest BCUT2D eigenvalue weighted by Gasteiger charge is -2.06. The number of halogens is 2. The number of aryl methyl sites for hydroxylation is 1. The van der Waals surface area contributed by atoms with Crippen LogP contribution >= 0.6 is 27.5 Å². The van der Waals surface area contributed by atoms with Gasteiger partial charge in [0, 0.05) is 26.8 Å². The summed E-state index contributed by atoms with van der Waals surface area (Å²) in [5.74, 6) is 1.10. The van der Waals surface area contributed by atoms with E-state index in [1.165, 1.54) is 0 Å². The van der Waals surface area contributed by atoms with E-state index in [4.69, 9.17) is 17.3 Å². The molecule has 1 heterocycles. The Labute approximate surface area is 113 Å². The first kappa shape index (κ1) is 12.3. The predicted octanol–water partition coefficient (Wildman–Crippen LogP) is 3.70. The molecule has 0 amide bonds. The SMILES string of the molecule is CCc1cc(N)nc(-c2ccc(Cl)cc2Br)n1. The van der Waals surface area contributed by atoms with Crippen LogP contribution in [-0.2, 0) is 6.42 Å². The van der Waals surface area contributed by atoms with Gasteiger partial charge < -0.3 is 5.73 Å². The van der Waals surface area contributed by atoms with Gasteiger partial charge in [0.1, 0.15) is 5.82 Å². The highest BCUT2D eigenvalue weighted by Crippen LogP contribution is 2.29. The molecule has 0 bridgehead atoms. The number of rotatable bonds is 2. The van der Waals surface area contributed by atoms with E-state index in [1.54, 1.807) is 12.1 Å². The van der Waals surface area contributed by atoms with Crippen molar-refractivity contribution in [2.75, 3.05) is 5.73 Å². The van der Waals surface area contributed by atoms with Crippen LogP contribution in [0.2, 0.25) is 5.02 Å². The maximum Gasteiger partial charge on any atom is 0.162 e. The van der Waals surface area contributed by atoms with E-state index in [9.17, 15) is 0 Å². The Bertz CT molecular complexity index is 557. The first-order valence-corrected chi connectivity index (χ1v) is 6.36. The highest BCUT2D eigenvalue weighted by atomic mass is 79.9. The number of nitrogens with zero attached hydrogens (tertiary/aromatic N) is 2. The molecule has 0 saturated carbocycles. The van der Waals surface area contributed by atoms with Crippen molar-refractivity contribution in [3.05, 3.63) is 39.5 Å². The molecule has 0 aliphatic carbocycles. The van der Waals surface area contributed by atoms with Crippen molar-refractivity contribution in [1.29, 1.82) is 0 Å². The summed E-state index contributed by atoms with van der Waals surface area (Å²) in [6.45, 7) is 2.03. The van der Waals surface area contributed by atoms with Gasteiger partial charge in [-0.2, -0.15) is 0 Å². The van der Waals surface area contributed by atoms with E-state index in [2.05, 4.69) is 25.9 Å². The number of anilines is 1. The van der Waals surface area contributed by atoms with Crippen molar-refractivity contribution in [3.8, 4) is 11.4 Å². The monoisotopic (exact) mass is 311 g/mol. The molecule has 5 heteroatoms. The summed E-state index contributed by atoms with van der Waals surface area (Å²) in [5, 5.41) is 0.667. The number of nitrogens with two attached hydrogens (primary N) is 1. The van der Waals surface area contributed by atoms with Gasteiger partial charge in [0.05, 0.1) is 0 Å². The number of benzene rings is 1. The normalized spacial score (nSPS) is 10.5. The van der Waals surface area contributed by atoms with Crippen LogP contribution in [0.15, 0.2) is 28.7 Å². The fourth-order valence-electron chi connectivity index (χ4n) is 1.49. The van der Waals surface area contributed by atoms with Crippen molar-refractivity contribution in [2.45, 2.75) is 13.3 Å². The number of hydrogen-bond acceptors (Lipinski definition) is 3. The highest BCUT2D eigenvalue weighted by Gasteiger charge is 2.08. The van der Waals surface area contributed by atoms with E-state index in [0.29, 0.717) is 16.7 Å². The fourth-order valence-corrected chi connectivity index (χ4v) is 2.35. The molecule has 0 saturated heterocycles. The zero-order chi connectivity index (χ0) is 12.4. The Morgan fingerprint density at radius 1 is 1.29 bits per heavy atom. The van der Waals surface area contributed by atoms with E-state index < -0.39 is 0 Å². The Morgan fingerprint density at radius 2 is 2.06 bits per heavy atom. The molecule has 0 atom stereocenters. The van der Waals surface area contributed by atoms with Crippen LogP contribution in [-0.4, -0.2) is 9.97 Å². The smallest absolute Gasteiger partial charge is 0.162 e. The fraction of sp³-hybridized carbons (Fsp3) is 0.167. The minimum absolute atomic E-state index is 0.480.